The molecule has 1 aromatic rings. The second-order valence-electron chi connectivity index (χ2n) is 5.69. The Labute approximate surface area is 130 Å². The lowest BCUT2D eigenvalue weighted by molar-refractivity contribution is -0.122. The van der Waals surface area contributed by atoms with Crippen LogP contribution in [0.1, 0.15) is 44.2 Å². The lowest BCUT2D eigenvalue weighted by Crippen LogP contribution is -2.30. The molecule has 0 aliphatic carbocycles. The van der Waals surface area contributed by atoms with Gasteiger partial charge in [-0.25, -0.2) is 4.39 Å². The summed E-state index contributed by atoms with van der Waals surface area (Å²) in [6.45, 7) is 3.99. The molecule has 2 N–H and O–H groups in total. The van der Waals surface area contributed by atoms with Crippen LogP contribution in [-0.2, 0) is 4.79 Å². The Morgan fingerprint density at radius 3 is 2.86 bits per heavy atom. The zero-order chi connectivity index (χ0) is 15.2. The summed E-state index contributed by atoms with van der Waals surface area (Å²) in [6.07, 6.45) is 3.78. The molecule has 3 nitrogen and oxygen atoms in total. The van der Waals surface area contributed by atoms with Crippen LogP contribution in [0, 0.1) is 11.7 Å². The van der Waals surface area contributed by atoms with Crippen molar-refractivity contribution in [1.29, 1.82) is 0 Å². The van der Waals surface area contributed by atoms with Gasteiger partial charge in [0.05, 0.1) is 11.1 Å². The summed E-state index contributed by atoms with van der Waals surface area (Å²) in [7, 11) is 0. The molecule has 2 rings (SSSR count). The van der Waals surface area contributed by atoms with Crippen LogP contribution >= 0.6 is 11.6 Å². The summed E-state index contributed by atoms with van der Waals surface area (Å²) in [5.41, 5.74) is 0.816. The normalized spacial score (nSPS) is 17.5. The van der Waals surface area contributed by atoms with E-state index in [1.807, 2.05) is 6.92 Å². The van der Waals surface area contributed by atoms with E-state index in [0.717, 1.165) is 37.9 Å². The second-order valence-corrected chi connectivity index (χ2v) is 6.10. The number of carbonyl (C=O) groups is 1. The molecule has 1 saturated heterocycles. The fraction of sp³-hybridized carbons (Fsp3) is 0.562. The minimum Gasteiger partial charge on any atom is -0.350 e. The third kappa shape index (κ3) is 4.97. The van der Waals surface area contributed by atoms with Crippen molar-refractivity contribution in [2.24, 2.45) is 5.92 Å². The minimum atomic E-state index is -0.440. The van der Waals surface area contributed by atoms with Crippen molar-refractivity contribution in [3.05, 3.63) is 34.6 Å². The van der Waals surface area contributed by atoms with E-state index in [0.29, 0.717) is 12.3 Å². The van der Waals surface area contributed by atoms with Crippen LogP contribution in [0.2, 0.25) is 5.02 Å². The van der Waals surface area contributed by atoms with Crippen LogP contribution in [0.15, 0.2) is 18.2 Å². The lowest BCUT2D eigenvalue weighted by Gasteiger charge is -2.22. The number of hydrogen-bond acceptors (Lipinski definition) is 2. The molecule has 0 aromatic heterocycles. The molecular weight excluding hydrogens is 291 g/mol. The molecule has 5 heteroatoms. The zero-order valence-electron chi connectivity index (χ0n) is 12.3. The van der Waals surface area contributed by atoms with Gasteiger partial charge in [0.15, 0.2) is 0 Å². The first-order valence-corrected chi connectivity index (χ1v) is 7.89. The van der Waals surface area contributed by atoms with Crippen molar-refractivity contribution in [3.63, 3.8) is 0 Å². The van der Waals surface area contributed by atoms with Crippen LogP contribution in [-0.4, -0.2) is 19.0 Å². The third-order valence-corrected chi connectivity index (χ3v) is 4.35. The summed E-state index contributed by atoms with van der Waals surface area (Å²) >= 11 is 5.76. The van der Waals surface area contributed by atoms with Crippen molar-refractivity contribution >= 4 is 17.5 Å². The zero-order valence-corrected chi connectivity index (χ0v) is 13.0. The molecule has 0 radical (unpaired) electrons. The van der Waals surface area contributed by atoms with Gasteiger partial charge in [-0.2, -0.15) is 0 Å². The van der Waals surface area contributed by atoms with E-state index in [9.17, 15) is 9.18 Å². The van der Waals surface area contributed by atoms with Crippen molar-refractivity contribution in [3.8, 4) is 0 Å². The Balaban J connectivity index is 1.79. The Hall–Kier alpha value is -1.13. The van der Waals surface area contributed by atoms with Gasteiger partial charge in [-0.3, -0.25) is 4.79 Å². The van der Waals surface area contributed by atoms with Crippen LogP contribution in [0.3, 0.4) is 0 Å². The van der Waals surface area contributed by atoms with Gasteiger partial charge >= 0.3 is 0 Å². The van der Waals surface area contributed by atoms with E-state index in [1.165, 1.54) is 6.07 Å². The average Bonchev–Trinajstić information content (AvgIpc) is 2.49. The Kier molecular flexibility index (Phi) is 6.00. The van der Waals surface area contributed by atoms with E-state index < -0.39 is 5.82 Å². The molecule has 1 unspecified atom stereocenters. The molecule has 0 bridgehead atoms. The first kappa shape index (κ1) is 16.2. The van der Waals surface area contributed by atoms with Gasteiger partial charge in [0, 0.05) is 6.42 Å². The first-order valence-electron chi connectivity index (χ1n) is 7.51. The quantitative estimate of drug-likeness (QED) is 0.874. The van der Waals surface area contributed by atoms with E-state index in [4.69, 9.17) is 11.6 Å². The molecule has 1 aromatic carbocycles. The topological polar surface area (TPSA) is 41.1 Å². The van der Waals surface area contributed by atoms with E-state index >= 15 is 0 Å². The predicted molar refractivity (Wildman–Crippen MR) is 82.8 cm³/mol. The molecule has 0 saturated carbocycles. The maximum Gasteiger partial charge on any atom is 0.220 e. The highest BCUT2D eigenvalue weighted by molar-refractivity contribution is 6.30. The molecule has 21 heavy (non-hydrogen) atoms. The number of carbonyl (C=O) groups excluding carboxylic acids is 1. The highest BCUT2D eigenvalue weighted by atomic mass is 35.5. The molecule has 1 amide bonds. The molecule has 0 spiro atoms. The van der Waals surface area contributed by atoms with E-state index in [2.05, 4.69) is 10.6 Å². The monoisotopic (exact) mass is 312 g/mol. The fourth-order valence-electron chi connectivity index (χ4n) is 2.68. The van der Waals surface area contributed by atoms with Crippen molar-refractivity contribution in [2.75, 3.05) is 13.1 Å². The second kappa shape index (κ2) is 7.76. The van der Waals surface area contributed by atoms with Gasteiger partial charge < -0.3 is 10.6 Å². The Bertz CT molecular complexity index is 489. The maximum atomic E-state index is 13.1. The number of nitrogens with one attached hydrogen (secondary N) is 2. The molecule has 1 aliphatic heterocycles. The van der Waals surface area contributed by atoms with E-state index in [-0.39, 0.29) is 17.0 Å². The molecule has 1 heterocycles. The van der Waals surface area contributed by atoms with Crippen molar-refractivity contribution in [2.45, 2.75) is 38.6 Å². The highest BCUT2D eigenvalue weighted by Gasteiger charge is 2.16. The van der Waals surface area contributed by atoms with Crippen molar-refractivity contribution in [1.82, 2.24) is 10.6 Å². The van der Waals surface area contributed by atoms with Crippen LogP contribution in [0.25, 0.3) is 0 Å². The summed E-state index contributed by atoms with van der Waals surface area (Å²) in [6, 6.07) is 4.38. The molecule has 1 fully saturated rings. The molecule has 1 atom stereocenters. The van der Waals surface area contributed by atoms with Crippen LogP contribution < -0.4 is 10.6 Å². The van der Waals surface area contributed by atoms with Gasteiger partial charge in [-0.1, -0.05) is 17.7 Å². The van der Waals surface area contributed by atoms with Crippen LogP contribution in [0.5, 0.6) is 0 Å². The van der Waals surface area contributed by atoms with Gasteiger partial charge in [0.2, 0.25) is 5.91 Å². The summed E-state index contributed by atoms with van der Waals surface area (Å²) < 4.78 is 13.1. The number of piperidine rings is 1. The fourth-order valence-corrected chi connectivity index (χ4v) is 2.87. The predicted octanol–water partition coefficient (Wildman–Crippen LogP) is 3.44. The third-order valence-electron chi connectivity index (χ3n) is 4.06. The summed E-state index contributed by atoms with van der Waals surface area (Å²) in [5, 5.41) is 6.36. The molecule has 116 valence electrons. The SMILES string of the molecule is CC(NC(=O)CCC1CCNCC1)c1ccc(F)c(Cl)c1. The minimum absolute atomic E-state index is 0.0430. The van der Waals surface area contributed by atoms with E-state index in [1.54, 1.807) is 12.1 Å². The van der Waals surface area contributed by atoms with Gasteiger partial charge in [-0.05, 0) is 62.9 Å². The summed E-state index contributed by atoms with van der Waals surface area (Å²) in [4.78, 5) is 12.0. The standard InChI is InChI=1S/C16H22ClFN2O/c1-11(13-3-4-15(18)14(17)10-13)20-16(21)5-2-12-6-8-19-9-7-12/h3-4,10-12,19H,2,5-9H2,1H3,(H,20,21). The number of rotatable bonds is 5. The molecular formula is C16H22ClFN2O. The number of hydrogen-bond donors (Lipinski definition) is 2. The van der Waals surface area contributed by atoms with Gasteiger partial charge in [-0.15, -0.1) is 0 Å². The van der Waals surface area contributed by atoms with Crippen LogP contribution in [0.4, 0.5) is 4.39 Å². The smallest absolute Gasteiger partial charge is 0.220 e. The summed E-state index contributed by atoms with van der Waals surface area (Å²) in [5.74, 6) is 0.249. The largest absolute Gasteiger partial charge is 0.350 e. The Morgan fingerprint density at radius 2 is 2.19 bits per heavy atom. The average molecular weight is 313 g/mol. The maximum absolute atomic E-state index is 13.1. The lowest BCUT2D eigenvalue weighted by atomic mass is 9.93. The van der Waals surface area contributed by atoms with Gasteiger partial charge in [0.1, 0.15) is 5.82 Å². The Morgan fingerprint density at radius 1 is 1.48 bits per heavy atom. The molecule has 1 aliphatic rings. The number of benzene rings is 1. The number of amides is 1. The van der Waals surface area contributed by atoms with Crippen molar-refractivity contribution < 1.29 is 9.18 Å². The number of halogens is 2. The first-order chi connectivity index (χ1) is 10.1. The van der Waals surface area contributed by atoms with Gasteiger partial charge in [0.25, 0.3) is 0 Å². The highest BCUT2D eigenvalue weighted by Crippen LogP contribution is 2.21.